The fourth-order valence-corrected chi connectivity index (χ4v) is 1.88. The summed E-state index contributed by atoms with van der Waals surface area (Å²) in [6.45, 7) is 10.3. The van der Waals surface area contributed by atoms with Crippen molar-refractivity contribution in [3.63, 3.8) is 0 Å². The maximum Gasteiger partial charge on any atom is 0.0665 e. The molecule has 18 heavy (non-hydrogen) atoms. The summed E-state index contributed by atoms with van der Waals surface area (Å²) in [7, 11) is 0. The van der Waals surface area contributed by atoms with Crippen LogP contribution in [0.2, 0.25) is 0 Å². The first kappa shape index (κ1) is 15.2. The summed E-state index contributed by atoms with van der Waals surface area (Å²) in [5, 5.41) is 3.49. The molecule has 2 heteroatoms. The first-order chi connectivity index (χ1) is 8.71. The Morgan fingerprint density at radius 2 is 1.78 bits per heavy atom. The molecule has 1 rings (SSSR count). The van der Waals surface area contributed by atoms with Gasteiger partial charge in [0.2, 0.25) is 0 Å². The van der Waals surface area contributed by atoms with Crippen molar-refractivity contribution in [2.24, 2.45) is 0 Å². The van der Waals surface area contributed by atoms with Crippen LogP contribution in [0.3, 0.4) is 0 Å². The smallest absolute Gasteiger partial charge is 0.0665 e. The Kier molecular flexibility index (Phi) is 6.99. The van der Waals surface area contributed by atoms with Crippen molar-refractivity contribution in [1.82, 2.24) is 5.32 Å². The van der Waals surface area contributed by atoms with E-state index in [4.69, 9.17) is 4.74 Å². The molecule has 1 aromatic carbocycles. The van der Waals surface area contributed by atoms with Crippen LogP contribution in [0.25, 0.3) is 0 Å². The molecular formula is C16H27NO. The van der Waals surface area contributed by atoms with E-state index >= 15 is 0 Å². The molecule has 0 amide bonds. The predicted molar refractivity (Wildman–Crippen MR) is 77.9 cm³/mol. The van der Waals surface area contributed by atoms with E-state index in [9.17, 15) is 0 Å². The average molecular weight is 249 g/mol. The summed E-state index contributed by atoms with van der Waals surface area (Å²) >= 11 is 0. The lowest BCUT2D eigenvalue weighted by molar-refractivity contribution is 0.0477. The molecule has 0 heterocycles. The molecule has 102 valence electrons. The Balaban J connectivity index is 2.64. The van der Waals surface area contributed by atoms with Crippen molar-refractivity contribution in [2.75, 3.05) is 13.2 Å². The normalized spacial score (nSPS) is 14.4. The number of ether oxygens (including phenoxy) is 1. The second-order valence-electron chi connectivity index (χ2n) is 4.76. The molecule has 0 aliphatic heterocycles. The zero-order chi connectivity index (χ0) is 13.4. The Labute approximate surface area is 112 Å². The number of aryl methyl sites for hydroxylation is 1. The monoisotopic (exact) mass is 249 g/mol. The van der Waals surface area contributed by atoms with E-state index in [1.165, 1.54) is 11.1 Å². The highest BCUT2D eigenvalue weighted by Gasteiger charge is 2.11. The van der Waals surface area contributed by atoms with Gasteiger partial charge < -0.3 is 10.1 Å². The minimum Gasteiger partial charge on any atom is -0.377 e. The summed E-state index contributed by atoms with van der Waals surface area (Å²) in [5.41, 5.74) is 2.70. The third-order valence-corrected chi connectivity index (χ3v) is 3.36. The molecule has 2 atom stereocenters. The van der Waals surface area contributed by atoms with Crippen molar-refractivity contribution in [2.45, 2.75) is 52.7 Å². The summed E-state index contributed by atoms with van der Waals surface area (Å²) in [5.74, 6) is 0. The minimum atomic E-state index is 0.301. The Hall–Kier alpha value is -0.860. The van der Waals surface area contributed by atoms with Gasteiger partial charge in [0.1, 0.15) is 0 Å². The zero-order valence-corrected chi connectivity index (χ0v) is 12.2. The molecule has 2 unspecified atom stereocenters. The van der Waals surface area contributed by atoms with Crippen LogP contribution in [0, 0.1) is 0 Å². The summed E-state index contributed by atoms with van der Waals surface area (Å²) < 4.78 is 5.85. The van der Waals surface area contributed by atoms with Gasteiger partial charge in [0.25, 0.3) is 0 Å². The van der Waals surface area contributed by atoms with Crippen LogP contribution in [0.15, 0.2) is 24.3 Å². The fourth-order valence-electron chi connectivity index (χ4n) is 1.88. The van der Waals surface area contributed by atoms with Gasteiger partial charge in [0, 0.05) is 0 Å². The zero-order valence-electron chi connectivity index (χ0n) is 12.2. The number of hydrogen-bond donors (Lipinski definition) is 1. The number of hydrogen-bond acceptors (Lipinski definition) is 2. The molecular weight excluding hydrogens is 222 g/mol. The van der Waals surface area contributed by atoms with Crippen LogP contribution in [0.5, 0.6) is 0 Å². The molecule has 0 aromatic heterocycles. The van der Waals surface area contributed by atoms with Gasteiger partial charge in [-0.3, -0.25) is 0 Å². The van der Waals surface area contributed by atoms with E-state index in [-0.39, 0.29) is 0 Å². The van der Waals surface area contributed by atoms with Crippen molar-refractivity contribution in [1.29, 1.82) is 0 Å². The third-order valence-electron chi connectivity index (χ3n) is 3.36. The summed E-state index contributed by atoms with van der Waals surface area (Å²) in [6.07, 6.45) is 2.49. The van der Waals surface area contributed by atoms with E-state index in [1.807, 2.05) is 0 Å². The average Bonchev–Trinajstić information content (AvgIpc) is 2.43. The van der Waals surface area contributed by atoms with Gasteiger partial charge in [0.05, 0.1) is 18.8 Å². The van der Waals surface area contributed by atoms with Crippen molar-refractivity contribution in [3.8, 4) is 0 Å². The summed E-state index contributed by atoms with van der Waals surface area (Å²) in [4.78, 5) is 0. The first-order valence-corrected chi connectivity index (χ1v) is 7.15. The standard InChI is InChI=1S/C16H27NO/c1-5-13(4)18-12-16(17-7-3)15-10-8-14(6-2)9-11-15/h8-11,13,16-17H,5-7,12H2,1-4H3. The minimum absolute atomic E-state index is 0.301. The van der Waals surface area contributed by atoms with Gasteiger partial charge in [-0.05, 0) is 37.4 Å². The van der Waals surface area contributed by atoms with Gasteiger partial charge >= 0.3 is 0 Å². The molecule has 0 bridgehead atoms. The van der Waals surface area contributed by atoms with E-state index < -0.39 is 0 Å². The quantitative estimate of drug-likeness (QED) is 0.758. The van der Waals surface area contributed by atoms with E-state index in [0.717, 1.165) is 26.0 Å². The first-order valence-electron chi connectivity index (χ1n) is 7.15. The highest BCUT2D eigenvalue weighted by molar-refractivity contribution is 5.25. The van der Waals surface area contributed by atoms with Crippen LogP contribution in [0.4, 0.5) is 0 Å². The molecule has 0 saturated carbocycles. The van der Waals surface area contributed by atoms with E-state index in [2.05, 4.69) is 57.3 Å². The second-order valence-corrected chi connectivity index (χ2v) is 4.76. The molecule has 0 aliphatic rings. The Bertz CT molecular complexity index is 320. The number of nitrogens with one attached hydrogen (secondary N) is 1. The Morgan fingerprint density at radius 3 is 2.28 bits per heavy atom. The number of rotatable bonds is 8. The molecule has 1 N–H and O–H groups in total. The summed E-state index contributed by atoms with van der Waals surface area (Å²) in [6, 6.07) is 9.15. The van der Waals surface area contributed by atoms with E-state index in [0.29, 0.717) is 12.1 Å². The maximum absolute atomic E-state index is 5.85. The SMILES string of the molecule is CCNC(COC(C)CC)c1ccc(CC)cc1. The van der Waals surface area contributed by atoms with Crippen LogP contribution < -0.4 is 5.32 Å². The highest BCUT2D eigenvalue weighted by Crippen LogP contribution is 2.16. The molecule has 0 spiro atoms. The number of likely N-dealkylation sites (N-methyl/N-ethyl adjacent to an activating group) is 1. The lowest BCUT2D eigenvalue weighted by atomic mass is 10.0. The van der Waals surface area contributed by atoms with Gasteiger partial charge in [-0.25, -0.2) is 0 Å². The lowest BCUT2D eigenvalue weighted by Gasteiger charge is -2.21. The molecule has 0 fully saturated rings. The highest BCUT2D eigenvalue weighted by atomic mass is 16.5. The maximum atomic E-state index is 5.85. The van der Waals surface area contributed by atoms with Gasteiger partial charge in [-0.1, -0.05) is 45.0 Å². The molecule has 1 aromatic rings. The van der Waals surface area contributed by atoms with Crippen molar-refractivity contribution >= 4 is 0 Å². The van der Waals surface area contributed by atoms with Crippen LogP contribution in [0.1, 0.15) is 51.3 Å². The van der Waals surface area contributed by atoms with Crippen molar-refractivity contribution < 1.29 is 4.74 Å². The number of benzene rings is 1. The van der Waals surface area contributed by atoms with Crippen LogP contribution in [-0.2, 0) is 11.2 Å². The molecule has 2 nitrogen and oxygen atoms in total. The van der Waals surface area contributed by atoms with Gasteiger partial charge in [-0.15, -0.1) is 0 Å². The van der Waals surface area contributed by atoms with Crippen molar-refractivity contribution in [3.05, 3.63) is 35.4 Å². The van der Waals surface area contributed by atoms with E-state index in [1.54, 1.807) is 0 Å². The topological polar surface area (TPSA) is 21.3 Å². The molecule has 0 radical (unpaired) electrons. The Morgan fingerprint density at radius 1 is 1.11 bits per heavy atom. The lowest BCUT2D eigenvalue weighted by Crippen LogP contribution is -2.27. The second kappa shape index (κ2) is 8.28. The molecule has 0 aliphatic carbocycles. The van der Waals surface area contributed by atoms with Gasteiger partial charge in [0.15, 0.2) is 0 Å². The predicted octanol–water partition coefficient (Wildman–Crippen LogP) is 3.71. The fraction of sp³-hybridized carbons (Fsp3) is 0.625. The third kappa shape index (κ3) is 4.79. The van der Waals surface area contributed by atoms with Crippen LogP contribution >= 0.6 is 0 Å². The van der Waals surface area contributed by atoms with Gasteiger partial charge in [-0.2, -0.15) is 0 Å². The largest absolute Gasteiger partial charge is 0.377 e. The van der Waals surface area contributed by atoms with Crippen LogP contribution in [-0.4, -0.2) is 19.3 Å². The molecule has 0 saturated heterocycles.